The number of nitrogens with zero attached hydrogens (tertiary/aromatic N) is 1. The van der Waals surface area contributed by atoms with E-state index in [1.165, 1.54) is 6.21 Å². The first-order chi connectivity index (χ1) is 15.8. The predicted octanol–water partition coefficient (Wildman–Crippen LogP) is 3.46. The highest BCUT2D eigenvalue weighted by molar-refractivity contribution is 5.89. The van der Waals surface area contributed by atoms with Gasteiger partial charge in [-0.05, 0) is 61.6 Å². The Hall–Kier alpha value is -3.55. The van der Waals surface area contributed by atoms with Crippen molar-refractivity contribution in [1.82, 2.24) is 10.7 Å². The minimum atomic E-state index is -0.732. The number of hydrazone groups is 1. The molecule has 178 valence electrons. The van der Waals surface area contributed by atoms with Crippen LogP contribution in [-0.4, -0.2) is 44.4 Å². The molecule has 0 saturated carbocycles. The number of hydrogen-bond acceptors (Lipinski definition) is 6. The van der Waals surface area contributed by atoms with Crippen LogP contribution in [0.4, 0.5) is 0 Å². The number of carbonyl (C=O) groups is 2. The summed E-state index contributed by atoms with van der Waals surface area (Å²) in [6.45, 7) is 8.06. The quantitative estimate of drug-likeness (QED) is 0.377. The van der Waals surface area contributed by atoms with Gasteiger partial charge in [0.05, 0.1) is 19.9 Å². The molecule has 0 fully saturated rings. The smallest absolute Gasteiger partial charge is 0.262 e. The Morgan fingerprint density at radius 1 is 1.06 bits per heavy atom. The highest BCUT2D eigenvalue weighted by Crippen LogP contribution is 2.27. The second-order valence-corrected chi connectivity index (χ2v) is 7.88. The fraction of sp³-hybridized carbons (Fsp3) is 0.400. The molecule has 33 heavy (non-hydrogen) atoms. The zero-order valence-corrected chi connectivity index (χ0v) is 19.9. The maximum Gasteiger partial charge on any atom is 0.262 e. The lowest BCUT2D eigenvalue weighted by Crippen LogP contribution is -2.47. The summed E-state index contributed by atoms with van der Waals surface area (Å²) in [5.41, 5.74) is 4.17. The van der Waals surface area contributed by atoms with Crippen molar-refractivity contribution in [1.29, 1.82) is 0 Å². The van der Waals surface area contributed by atoms with Crippen LogP contribution in [0.2, 0.25) is 0 Å². The SMILES string of the molecule is CCOc1cc(/C=N\NC(=O)[C@@H](CC(C)C)NC(=O)COc2ccccc2C)ccc1OC. The molecule has 0 bridgehead atoms. The Balaban J connectivity index is 1.97. The molecule has 8 heteroatoms. The lowest BCUT2D eigenvalue weighted by atomic mass is 10.0. The molecule has 2 aromatic carbocycles. The van der Waals surface area contributed by atoms with Gasteiger partial charge in [0, 0.05) is 0 Å². The third kappa shape index (κ3) is 8.48. The lowest BCUT2D eigenvalue weighted by molar-refractivity contribution is -0.130. The zero-order chi connectivity index (χ0) is 24.2. The number of ether oxygens (including phenoxy) is 3. The summed E-state index contributed by atoms with van der Waals surface area (Å²) in [6, 6.07) is 12.0. The van der Waals surface area contributed by atoms with E-state index in [-0.39, 0.29) is 18.4 Å². The summed E-state index contributed by atoms with van der Waals surface area (Å²) < 4.78 is 16.4. The first kappa shape index (κ1) is 25.7. The third-order valence-corrected chi connectivity index (χ3v) is 4.69. The van der Waals surface area contributed by atoms with Gasteiger partial charge in [0.25, 0.3) is 11.8 Å². The summed E-state index contributed by atoms with van der Waals surface area (Å²) in [6.07, 6.45) is 1.98. The second-order valence-electron chi connectivity index (χ2n) is 7.88. The molecule has 2 N–H and O–H groups in total. The van der Waals surface area contributed by atoms with Crippen LogP contribution in [0.3, 0.4) is 0 Å². The van der Waals surface area contributed by atoms with E-state index in [9.17, 15) is 9.59 Å². The highest BCUT2D eigenvalue weighted by Gasteiger charge is 2.22. The number of carbonyl (C=O) groups excluding carboxylic acids is 2. The molecule has 0 aliphatic carbocycles. The van der Waals surface area contributed by atoms with Crippen molar-refractivity contribution in [2.24, 2.45) is 11.0 Å². The third-order valence-electron chi connectivity index (χ3n) is 4.69. The molecule has 0 aliphatic rings. The Morgan fingerprint density at radius 2 is 1.82 bits per heavy atom. The second kappa shape index (κ2) is 13.1. The number of benzene rings is 2. The van der Waals surface area contributed by atoms with Gasteiger partial charge in [-0.15, -0.1) is 0 Å². The van der Waals surface area contributed by atoms with Crippen molar-refractivity contribution in [2.75, 3.05) is 20.3 Å². The summed E-state index contributed by atoms with van der Waals surface area (Å²) in [5.74, 6) is 1.26. The summed E-state index contributed by atoms with van der Waals surface area (Å²) >= 11 is 0. The van der Waals surface area contributed by atoms with Gasteiger partial charge in [0.15, 0.2) is 18.1 Å². The van der Waals surface area contributed by atoms with E-state index in [1.54, 1.807) is 31.4 Å². The van der Waals surface area contributed by atoms with E-state index in [0.717, 1.165) is 11.1 Å². The fourth-order valence-corrected chi connectivity index (χ4v) is 3.09. The molecule has 0 heterocycles. The van der Waals surface area contributed by atoms with Crippen LogP contribution in [0.1, 0.15) is 38.3 Å². The average molecular weight is 456 g/mol. The topological polar surface area (TPSA) is 98.2 Å². The molecular formula is C25H33N3O5. The first-order valence-electron chi connectivity index (χ1n) is 11.0. The van der Waals surface area contributed by atoms with Gasteiger partial charge in [-0.25, -0.2) is 5.43 Å². The molecule has 0 aliphatic heterocycles. The number of aryl methyl sites for hydroxylation is 1. The van der Waals surface area contributed by atoms with Crippen LogP contribution < -0.4 is 25.0 Å². The van der Waals surface area contributed by atoms with Crippen LogP contribution in [0.5, 0.6) is 17.2 Å². The largest absolute Gasteiger partial charge is 0.493 e. The van der Waals surface area contributed by atoms with Crippen molar-refractivity contribution in [2.45, 2.75) is 40.2 Å². The van der Waals surface area contributed by atoms with Crippen LogP contribution in [-0.2, 0) is 9.59 Å². The Labute approximate surface area is 195 Å². The molecular weight excluding hydrogens is 422 g/mol. The Kier molecular flexibility index (Phi) is 10.2. The minimum Gasteiger partial charge on any atom is -0.493 e. The number of nitrogens with one attached hydrogen (secondary N) is 2. The van der Waals surface area contributed by atoms with Crippen molar-refractivity contribution >= 4 is 18.0 Å². The van der Waals surface area contributed by atoms with Crippen molar-refractivity contribution in [3.63, 3.8) is 0 Å². The van der Waals surface area contributed by atoms with E-state index in [2.05, 4.69) is 15.8 Å². The molecule has 0 spiro atoms. The predicted molar refractivity (Wildman–Crippen MR) is 128 cm³/mol. The first-order valence-corrected chi connectivity index (χ1v) is 11.0. The standard InChI is InChI=1S/C25H33N3O5/c1-6-32-23-14-19(11-12-22(23)31-5)15-26-28-25(30)20(13-17(2)3)27-24(29)16-33-21-10-8-7-9-18(21)4/h7-12,14-15,17,20H,6,13,16H2,1-5H3,(H,27,29)(H,28,30)/b26-15-/t20-/m1/s1. The van der Waals surface area contributed by atoms with Gasteiger partial charge in [-0.2, -0.15) is 5.10 Å². The normalized spacial score (nSPS) is 11.8. The van der Waals surface area contributed by atoms with Crippen LogP contribution in [0.15, 0.2) is 47.6 Å². The van der Waals surface area contributed by atoms with Gasteiger partial charge >= 0.3 is 0 Å². The lowest BCUT2D eigenvalue weighted by Gasteiger charge is -2.19. The molecule has 0 saturated heterocycles. The van der Waals surface area contributed by atoms with E-state index in [1.807, 2.05) is 45.9 Å². The number of methoxy groups -OCH3 is 1. The fourth-order valence-electron chi connectivity index (χ4n) is 3.09. The van der Waals surface area contributed by atoms with Gasteiger partial charge < -0.3 is 19.5 Å². The van der Waals surface area contributed by atoms with Crippen LogP contribution in [0, 0.1) is 12.8 Å². The van der Waals surface area contributed by atoms with Crippen molar-refractivity contribution in [3.05, 3.63) is 53.6 Å². The Morgan fingerprint density at radius 3 is 2.48 bits per heavy atom. The maximum absolute atomic E-state index is 12.7. The van der Waals surface area contributed by atoms with Gasteiger partial charge in [0.1, 0.15) is 11.8 Å². The monoisotopic (exact) mass is 455 g/mol. The van der Waals surface area contributed by atoms with Crippen LogP contribution >= 0.6 is 0 Å². The molecule has 0 aromatic heterocycles. The molecule has 1 atom stereocenters. The van der Waals surface area contributed by atoms with Crippen LogP contribution in [0.25, 0.3) is 0 Å². The van der Waals surface area contributed by atoms with Gasteiger partial charge in [-0.3, -0.25) is 9.59 Å². The van der Waals surface area contributed by atoms with Gasteiger partial charge in [-0.1, -0.05) is 32.0 Å². The van der Waals surface area contributed by atoms with E-state index < -0.39 is 11.9 Å². The number of hydrogen-bond donors (Lipinski definition) is 2. The molecule has 2 rings (SSSR count). The maximum atomic E-state index is 12.7. The molecule has 2 aromatic rings. The van der Waals surface area contributed by atoms with E-state index >= 15 is 0 Å². The summed E-state index contributed by atoms with van der Waals surface area (Å²) in [5, 5.41) is 6.78. The van der Waals surface area contributed by atoms with Gasteiger partial charge in [0.2, 0.25) is 0 Å². The van der Waals surface area contributed by atoms with Crippen molar-refractivity contribution in [3.8, 4) is 17.2 Å². The molecule has 8 nitrogen and oxygen atoms in total. The minimum absolute atomic E-state index is 0.179. The molecule has 0 radical (unpaired) electrons. The highest BCUT2D eigenvalue weighted by atomic mass is 16.5. The van der Waals surface area contributed by atoms with E-state index in [0.29, 0.717) is 30.3 Å². The average Bonchev–Trinajstić information content (AvgIpc) is 2.78. The van der Waals surface area contributed by atoms with E-state index in [4.69, 9.17) is 14.2 Å². The number of para-hydroxylation sites is 1. The molecule has 2 amide bonds. The van der Waals surface area contributed by atoms with Crippen molar-refractivity contribution < 1.29 is 23.8 Å². The zero-order valence-electron chi connectivity index (χ0n) is 19.9. The number of amides is 2. The Bertz CT molecular complexity index is 959. The summed E-state index contributed by atoms with van der Waals surface area (Å²) in [7, 11) is 1.57. The molecule has 0 unspecified atom stereocenters. The summed E-state index contributed by atoms with van der Waals surface area (Å²) in [4.78, 5) is 25.1. The number of rotatable bonds is 12.